The van der Waals surface area contributed by atoms with Crippen molar-refractivity contribution >= 4 is 21.4 Å². The van der Waals surface area contributed by atoms with Gasteiger partial charge in [0.2, 0.25) is 0 Å². The van der Waals surface area contributed by atoms with Crippen LogP contribution >= 0.6 is 11.3 Å². The van der Waals surface area contributed by atoms with Crippen LogP contribution in [0.15, 0.2) is 113 Å². The minimum atomic E-state index is -3.76. The van der Waals surface area contributed by atoms with E-state index < -0.39 is 16.1 Å². The summed E-state index contributed by atoms with van der Waals surface area (Å²) in [7, 11) is -3.76. The summed E-state index contributed by atoms with van der Waals surface area (Å²) >= 11 is 1.17. The van der Waals surface area contributed by atoms with Crippen molar-refractivity contribution in [2.75, 3.05) is 13.2 Å². The number of hydrogen-bond acceptors (Lipinski definition) is 5. The highest BCUT2D eigenvalue weighted by Gasteiger charge is 2.28. The molecule has 4 rings (SSSR count). The van der Waals surface area contributed by atoms with Crippen molar-refractivity contribution in [2.45, 2.75) is 23.0 Å². The summed E-state index contributed by atoms with van der Waals surface area (Å²) in [6.45, 7) is 0.0735. The summed E-state index contributed by atoms with van der Waals surface area (Å²) in [6.07, 6.45) is -1.37. The van der Waals surface area contributed by atoms with Crippen LogP contribution < -0.4 is 0 Å². The molecule has 1 atom stereocenters. The van der Waals surface area contributed by atoms with E-state index in [9.17, 15) is 13.5 Å². The molecule has 1 N–H and O–H groups in total. The van der Waals surface area contributed by atoms with Gasteiger partial charge in [0.25, 0.3) is 10.0 Å². The molecule has 34 heavy (non-hydrogen) atoms. The molecule has 0 fully saturated rings. The Morgan fingerprint density at radius 2 is 1.35 bits per heavy atom. The van der Waals surface area contributed by atoms with E-state index >= 15 is 0 Å². The first-order chi connectivity index (χ1) is 16.5. The lowest BCUT2D eigenvalue weighted by molar-refractivity contribution is -0.000763. The number of rotatable bonds is 11. The number of thiophene rings is 1. The minimum absolute atomic E-state index is 0.0142. The van der Waals surface area contributed by atoms with Gasteiger partial charge in [-0.05, 0) is 28.1 Å². The van der Waals surface area contributed by atoms with Crippen molar-refractivity contribution in [2.24, 2.45) is 0 Å². The summed E-state index contributed by atoms with van der Waals surface area (Å²) in [5, 5.41) is 12.6. The molecular formula is C27H27NO4S2. The first-order valence-corrected chi connectivity index (χ1v) is 13.3. The van der Waals surface area contributed by atoms with E-state index in [0.29, 0.717) is 0 Å². The van der Waals surface area contributed by atoms with Gasteiger partial charge in [-0.3, -0.25) is 0 Å². The fourth-order valence-electron chi connectivity index (χ4n) is 3.71. The van der Waals surface area contributed by atoms with Crippen LogP contribution in [0, 0.1) is 0 Å². The first-order valence-electron chi connectivity index (χ1n) is 11.0. The Morgan fingerprint density at radius 3 is 1.88 bits per heavy atom. The highest BCUT2D eigenvalue weighted by Crippen LogP contribution is 2.27. The number of aliphatic hydroxyl groups excluding tert-OH is 1. The third-order valence-electron chi connectivity index (χ3n) is 5.37. The molecule has 0 bridgehead atoms. The zero-order valence-electron chi connectivity index (χ0n) is 18.6. The molecular weight excluding hydrogens is 466 g/mol. The molecule has 3 aromatic carbocycles. The average Bonchev–Trinajstić information content (AvgIpc) is 3.42. The van der Waals surface area contributed by atoms with Crippen LogP contribution in [0.2, 0.25) is 0 Å². The van der Waals surface area contributed by atoms with Gasteiger partial charge in [0.05, 0.1) is 12.7 Å². The lowest BCUT2D eigenvalue weighted by Crippen LogP contribution is -2.38. The summed E-state index contributed by atoms with van der Waals surface area (Å²) in [5.74, 6) is 0. The number of nitrogens with zero attached hydrogens (tertiary/aromatic N) is 1. The molecule has 0 spiro atoms. The lowest BCUT2D eigenvalue weighted by atomic mass is 10.0. The van der Waals surface area contributed by atoms with Gasteiger partial charge in [-0.15, -0.1) is 11.3 Å². The molecule has 176 valence electrons. The van der Waals surface area contributed by atoms with E-state index in [1.54, 1.807) is 17.5 Å². The molecule has 0 radical (unpaired) electrons. The van der Waals surface area contributed by atoms with Crippen LogP contribution in [0.5, 0.6) is 0 Å². The van der Waals surface area contributed by atoms with Crippen LogP contribution in [-0.2, 0) is 21.3 Å². The lowest BCUT2D eigenvalue weighted by Gasteiger charge is -2.26. The molecule has 0 saturated heterocycles. The molecule has 0 amide bonds. The molecule has 1 aromatic heterocycles. The van der Waals surface area contributed by atoms with E-state index in [0.717, 1.165) is 16.7 Å². The molecule has 0 unspecified atom stereocenters. The third kappa shape index (κ3) is 6.20. The maximum atomic E-state index is 13.3. The molecule has 4 aromatic rings. The van der Waals surface area contributed by atoms with Crippen molar-refractivity contribution < 1.29 is 18.3 Å². The minimum Gasteiger partial charge on any atom is -0.389 e. The Morgan fingerprint density at radius 1 is 0.794 bits per heavy atom. The summed E-state index contributed by atoms with van der Waals surface area (Å²) in [6, 6.07) is 32.3. The Balaban J connectivity index is 1.51. The quantitative estimate of drug-likeness (QED) is 0.315. The van der Waals surface area contributed by atoms with Crippen molar-refractivity contribution in [3.8, 4) is 0 Å². The van der Waals surface area contributed by atoms with Crippen molar-refractivity contribution in [3.63, 3.8) is 0 Å². The zero-order chi connectivity index (χ0) is 23.8. The van der Waals surface area contributed by atoms with Gasteiger partial charge in [-0.1, -0.05) is 97.1 Å². The summed E-state index contributed by atoms with van der Waals surface area (Å²) < 4.78 is 34.3. The Bertz CT molecular complexity index is 1190. The van der Waals surface area contributed by atoms with Crippen molar-refractivity contribution in [1.29, 1.82) is 0 Å². The third-order valence-corrected chi connectivity index (χ3v) is 8.55. The predicted octanol–water partition coefficient (Wildman–Crippen LogP) is 5.11. The molecule has 1 heterocycles. The number of ether oxygens (including phenoxy) is 1. The van der Waals surface area contributed by atoms with Crippen LogP contribution in [-0.4, -0.2) is 37.1 Å². The first kappa shape index (κ1) is 24.3. The molecule has 7 heteroatoms. The molecule has 0 aliphatic rings. The average molecular weight is 494 g/mol. The van der Waals surface area contributed by atoms with E-state index in [1.165, 1.54) is 15.6 Å². The number of aliphatic hydroxyl groups is 1. The number of sulfonamides is 1. The second-order valence-corrected chi connectivity index (χ2v) is 11.0. The zero-order valence-corrected chi connectivity index (χ0v) is 20.2. The van der Waals surface area contributed by atoms with E-state index in [-0.39, 0.29) is 30.0 Å². The SMILES string of the molecule is O=S(=O)(c1cccs1)N(Cc1ccccc1)C[C@@H](O)COC(c1ccccc1)c1ccccc1. The van der Waals surface area contributed by atoms with E-state index in [1.807, 2.05) is 91.0 Å². The van der Waals surface area contributed by atoms with Gasteiger partial charge in [0.15, 0.2) is 0 Å². The second-order valence-electron chi connectivity index (χ2n) is 7.90. The molecule has 0 aliphatic carbocycles. The number of benzene rings is 3. The fraction of sp³-hybridized carbons (Fsp3) is 0.185. The monoisotopic (exact) mass is 493 g/mol. The van der Waals surface area contributed by atoms with Crippen LogP contribution in [0.25, 0.3) is 0 Å². The van der Waals surface area contributed by atoms with Gasteiger partial charge in [0.1, 0.15) is 10.3 Å². The van der Waals surface area contributed by atoms with Crippen LogP contribution in [0.1, 0.15) is 22.8 Å². The van der Waals surface area contributed by atoms with Gasteiger partial charge >= 0.3 is 0 Å². The molecule has 5 nitrogen and oxygen atoms in total. The summed E-state index contributed by atoms with van der Waals surface area (Å²) in [5.41, 5.74) is 2.78. The normalized spacial score (nSPS) is 12.8. The number of hydrogen-bond donors (Lipinski definition) is 1. The Hall–Kier alpha value is -2.81. The van der Waals surface area contributed by atoms with Crippen molar-refractivity contribution in [3.05, 3.63) is 125 Å². The van der Waals surface area contributed by atoms with Crippen LogP contribution in [0.3, 0.4) is 0 Å². The van der Waals surface area contributed by atoms with Crippen molar-refractivity contribution in [1.82, 2.24) is 4.31 Å². The van der Waals surface area contributed by atoms with Crippen LogP contribution in [0.4, 0.5) is 0 Å². The Labute approximate surface area is 204 Å². The second kappa shape index (κ2) is 11.6. The van der Waals surface area contributed by atoms with Gasteiger partial charge < -0.3 is 9.84 Å². The summed E-state index contributed by atoms with van der Waals surface area (Å²) in [4.78, 5) is 0. The van der Waals surface area contributed by atoms with Gasteiger partial charge in [0, 0.05) is 13.1 Å². The molecule has 0 aliphatic heterocycles. The fourth-order valence-corrected chi connectivity index (χ4v) is 6.32. The van der Waals surface area contributed by atoms with Gasteiger partial charge in [-0.2, -0.15) is 4.31 Å². The maximum Gasteiger partial charge on any atom is 0.252 e. The highest BCUT2D eigenvalue weighted by atomic mass is 32.2. The highest BCUT2D eigenvalue weighted by molar-refractivity contribution is 7.91. The smallest absolute Gasteiger partial charge is 0.252 e. The molecule has 0 saturated carbocycles. The topological polar surface area (TPSA) is 66.8 Å². The van der Waals surface area contributed by atoms with Gasteiger partial charge in [-0.25, -0.2) is 8.42 Å². The van der Waals surface area contributed by atoms with E-state index in [2.05, 4.69) is 0 Å². The largest absolute Gasteiger partial charge is 0.389 e. The van der Waals surface area contributed by atoms with E-state index in [4.69, 9.17) is 4.74 Å². The maximum absolute atomic E-state index is 13.3. The Kier molecular flexibility index (Phi) is 8.26. The predicted molar refractivity (Wildman–Crippen MR) is 135 cm³/mol. The standard InChI is InChI=1S/C27H27NO4S2/c29-25(21-32-27(23-13-6-2-7-14-23)24-15-8-3-9-16-24)20-28(19-22-11-4-1-5-12-22)34(30,31)26-17-10-18-33-26/h1-18,25,27,29H,19-21H2/t25-/m1/s1.